The number of piperidine rings is 1. The summed E-state index contributed by atoms with van der Waals surface area (Å²) >= 11 is 3.40. The number of anilines is 2. The maximum Gasteiger partial charge on any atom is 0.106 e. The number of hydrogen-bond donors (Lipinski definition) is 1. The molecule has 4 heteroatoms. The Morgan fingerprint density at radius 1 is 1.00 bits per heavy atom. The molecule has 0 radical (unpaired) electrons. The largest absolute Gasteiger partial charge is 0.379 e. The quantitative estimate of drug-likeness (QED) is 0.830. The average molecular weight is 346 g/mol. The molecule has 1 aromatic heterocycles. The van der Waals surface area contributed by atoms with E-state index in [2.05, 4.69) is 55.4 Å². The second kappa shape index (κ2) is 6.94. The summed E-state index contributed by atoms with van der Waals surface area (Å²) in [6.07, 6.45) is 4.00. The fraction of sp³-hybridized carbons (Fsp3) is 0.353. The van der Waals surface area contributed by atoms with Crippen molar-refractivity contribution in [2.24, 2.45) is 0 Å². The van der Waals surface area contributed by atoms with Crippen molar-refractivity contribution in [3.05, 3.63) is 52.8 Å². The van der Waals surface area contributed by atoms with Crippen molar-refractivity contribution in [3.8, 4) is 0 Å². The molecular formula is C17H20BrN3. The molecule has 21 heavy (non-hydrogen) atoms. The molecule has 0 spiro atoms. The molecular weight excluding hydrogens is 326 g/mol. The molecule has 3 nitrogen and oxygen atoms in total. The fourth-order valence-electron chi connectivity index (χ4n) is 2.68. The van der Waals surface area contributed by atoms with E-state index in [-0.39, 0.29) is 0 Å². The molecule has 0 unspecified atom stereocenters. The first-order valence-corrected chi connectivity index (χ1v) is 8.31. The van der Waals surface area contributed by atoms with Crippen molar-refractivity contribution < 1.29 is 0 Å². The first-order valence-electron chi connectivity index (χ1n) is 7.51. The molecule has 1 aliphatic heterocycles. The fourth-order valence-corrected chi connectivity index (χ4v) is 3.06. The predicted molar refractivity (Wildman–Crippen MR) is 91.8 cm³/mol. The first kappa shape index (κ1) is 14.4. The Labute approximate surface area is 134 Å². The Hall–Kier alpha value is -1.55. The summed E-state index contributed by atoms with van der Waals surface area (Å²) in [5.41, 5.74) is 3.50. The minimum Gasteiger partial charge on any atom is -0.379 e. The molecule has 2 aromatic rings. The van der Waals surface area contributed by atoms with Gasteiger partial charge in [-0.3, -0.25) is 0 Å². The standard InChI is InChI=1S/C17H20BrN3/c18-17-6-4-5-15(20-17)13-19-14-7-9-16(10-8-14)21-11-2-1-3-12-21/h4-10,19H,1-3,11-13H2. The van der Waals surface area contributed by atoms with Crippen molar-refractivity contribution in [2.75, 3.05) is 23.3 Å². The van der Waals surface area contributed by atoms with Gasteiger partial charge in [0.1, 0.15) is 4.60 Å². The van der Waals surface area contributed by atoms with Gasteiger partial charge in [0.15, 0.2) is 0 Å². The predicted octanol–water partition coefficient (Wildman–Crippen LogP) is 4.45. The number of halogens is 1. The summed E-state index contributed by atoms with van der Waals surface area (Å²) in [5.74, 6) is 0. The van der Waals surface area contributed by atoms with E-state index < -0.39 is 0 Å². The van der Waals surface area contributed by atoms with Gasteiger partial charge < -0.3 is 10.2 Å². The van der Waals surface area contributed by atoms with Crippen LogP contribution in [0.15, 0.2) is 47.1 Å². The molecule has 2 heterocycles. The van der Waals surface area contributed by atoms with Crippen LogP contribution in [0.25, 0.3) is 0 Å². The topological polar surface area (TPSA) is 28.2 Å². The number of nitrogens with zero attached hydrogens (tertiary/aromatic N) is 2. The summed E-state index contributed by atoms with van der Waals surface area (Å²) in [6.45, 7) is 3.12. The van der Waals surface area contributed by atoms with Crippen LogP contribution in [0.1, 0.15) is 25.0 Å². The van der Waals surface area contributed by atoms with Crippen molar-refractivity contribution in [2.45, 2.75) is 25.8 Å². The Balaban J connectivity index is 1.59. The van der Waals surface area contributed by atoms with Gasteiger partial charge in [0.2, 0.25) is 0 Å². The summed E-state index contributed by atoms with van der Waals surface area (Å²) in [5, 5.41) is 3.42. The van der Waals surface area contributed by atoms with Gasteiger partial charge in [-0.2, -0.15) is 0 Å². The smallest absolute Gasteiger partial charge is 0.106 e. The molecule has 0 amide bonds. The number of nitrogens with one attached hydrogen (secondary N) is 1. The Kier molecular flexibility index (Phi) is 4.76. The molecule has 1 saturated heterocycles. The van der Waals surface area contributed by atoms with Crippen LogP contribution in [0.2, 0.25) is 0 Å². The van der Waals surface area contributed by atoms with E-state index in [0.29, 0.717) is 0 Å². The van der Waals surface area contributed by atoms with Gasteiger partial charge in [0, 0.05) is 24.5 Å². The zero-order chi connectivity index (χ0) is 14.5. The van der Waals surface area contributed by atoms with Gasteiger partial charge >= 0.3 is 0 Å². The monoisotopic (exact) mass is 345 g/mol. The molecule has 3 rings (SSSR count). The van der Waals surface area contributed by atoms with Crippen LogP contribution >= 0.6 is 15.9 Å². The maximum atomic E-state index is 4.43. The van der Waals surface area contributed by atoms with Crippen LogP contribution in [0, 0.1) is 0 Å². The van der Waals surface area contributed by atoms with Gasteiger partial charge in [-0.15, -0.1) is 0 Å². The van der Waals surface area contributed by atoms with E-state index in [1.54, 1.807) is 0 Å². The normalized spacial score (nSPS) is 15.0. The Bertz CT molecular complexity index is 577. The van der Waals surface area contributed by atoms with Crippen LogP contribution in [-0.2, 0) is 6.54 Å². The molecule has 1 aliphatic rings. The zero-order valence-corrected chi connectivity index (χ0v) is 13.6. The van der Waals surface area contributed by atoms with Crippen LogP contribution in [0.5, 0.6) is 0 Å². The lowest BCUT2D eigenvalue weighted by atomic mass is 10.1. The summed E-state index contributed by atoms with van der Waals surface area (Å²) in [4.78, 5) is 6.90. The minimum atomic E-state index is 0.739. The van der Waals surface area contributed by atoms with Crippen molar-refractivity contribution in [1.82, 2.24) is 4.98 Å². The van der Waals surface area contributed by atoms with E-state index in [1.807, 2.05) is 18.2 Å². The lowest BCUT2D eigenvalue weighted by Crippen LogP contribution is -2.29. The van der Waals surface area contributed by atoms with E-state index in [4.69, 9.17) is 0 Å². The highest BCUT2D eigenvalue weighted by Gasteiger charge is 2.10. The lowest BCUT2D eigenvalue weighted by Gasteiger charge is -2.28. The average Bonchev–Trinajstić information content (AvgIpc) is 2.54. The van der Waals surface area contributed by atoms with Crippen LogP contribution in [0.4, 0.5) is 11.4 Å². The number of benzene rings is 1. The summed E-state index contributed by atoms with van der Waals surface area (Å²) in [7, 11) is 0. The Morgan fingerprint density at radius 2 is 1.76 bits per heavy atom. The second-order valence-electron chi connectivity index (χ2n) is 5.40. The van der Waals surface area contributed by atoms with E-state index in [9.17, 15) is 0 Å². The van der Waals surface area contributed by atoms with Gasteiger partial charge in [0.25, 0.3) is 0 Å². The third-order valence-electron chi connectivity index (χ3n) is 3.83. The van der Waals surface area contributed by atoms with Gasteiger partial charge in [-0.25, -0.2) is 4.98 Å². The van der Waals surface area contributed by atoms with E-state index in [1.165, 1.54) is 38.0 Å². The van der Waals surface area contributed by atoms with Gasteiger partial charge in [0.05, 0.1) is 12.2 Å². The minimum absolute atomic E-state index is 0.739. The zero-order valence-electron chi connectivity index (χ0n) is 12.1. The lowest BCUT2D eigenvalue weighted by molar-refractivity contribution is 0.578. The molecule has 0 atom stereocenters. The van der Waals surface area contributed by atoms with E-state index in [0.717, 1.165) is 22.5 Å². The number of pyridine rings is 1. The van der Waals surface area contributed by atoms with Gasteiger partial charge in [-0.05, 0) is 71.6 Å². The highest BCUT2D eigenvalue weighted by atomic mass is 79.9. The molecule has 0 bridgehead atoms. The third-order valence-corrected chi connectivity index (χ3v) is 4.28. The third kappa shape index (κ3) is 3.97. The van der Waals surface area contributed by atoms with Gasteiger partial charge in [-0.1, -0.05) is 6.07 Å². The molecule has 1 aromatic carbocycles. The summed E-state index contributed by atoms with van der Waals surface area (Å²) < 4.78 is 0.877. The molecule has 1 fully saturated rings. The van der Waals surface area contributed by atoms with Crippen LogP contribution in [-0.4, -0.2) is 18.1 Å². The maximum absolute atomic E-state index is 4.43. The van der Waals surface area contributed by atoms with Crippen LogP contribution < -0.4 is 10.2 Å². The highest BCUT2D eigenvalue weighted by Crippen LogP contribution is 2.22. The van der Waals surface area contributed by atoms with Crippen molar-refractivity contribution in [3.63, 3.8) is 0 Å². The highest BCUT2D eigenvalue weighted by molar-refractivity contribution is 9.10. The first-order chi connectivity index (χ1) is 10.3. The molecule has 0 aliphatic carbocycles. The molecule has 110 valence electrons. The summed E-state index contributed by atoms with van der Waals surface area (Å²) in [6, 6.07) is 14.7. The number of rotatable bonds is 4. The SMILES string of the molecule is Brc1cccc(CNc2ccc(N3CCCCC3)cc2)n1. The molecule has 1 N–H and O–H groups in total. The number of aromatic nitrogens is 1. The van der Waals surface area contributed by atoms with Crippen molar-refractivity contribution >= 4 is 27.3 Å². The second-order valence-corrected chi connectivity index (χ2v) is 6.21. The number of hydrogen-bond acceptors (Lipinski definition) is 3. The van der Waals surface area contributed by atoms with E-state index >= 15 is 0 Å². The van der Waals surface area contributed by atoms with Crippen LogP contribution in [0.3, 0.4) is 0 Å². The Morgan fingerprint density at radius 3 is 2.48 bits per heavy atom. The van der Waals surface area contributed by atoms with Crippen molar-refractivity contribution in [1.29, 1.82) is 0 Å². The molecule has 0 saturated carbocycles.